The van der Waals surface area contributed by atoms with Gasteiger partial charge in [-0.25, -0.2) is 0 Å². The molecule has 6 nitrogen and oxygen atoms in total. The Bertz CT molecular complexity index is 554. The van der Waals surface area contributed by atoms with Crippen LogP contribution in [0.25, 0.3) is 0 Å². The summed E-state index contributed by atoms with van der Waals surface area (Å²) in [6.45, 7) is 4.40. The number of likely N-dealkylation sites (tertiary alicyclic amines) is 2. The highest BCUT2D eigenvalue weighted by atomic mass is 16.5. The highest BCUT2D eigenvalue weighted by Crippen LogP contribution is 2.38. The van der Waals surface area contributed by atoms with Gasteiger partial charge < -0.3 is 9.42 Å². The Hall–Kier alpha value is -1.43. The SMILES string of the molecule is CC(=O)N1CCC[C@@H]1[C@H]1CCCN1Cc1nc(C2CC2)no1. The van der Waals surface area contributed by atoms with Gasteiger partial charge in [-0.3, -0.25) is 9.69 Å². The lowest BCUT2D eigenvalue weighted by molar-refractivity contribution is -0.130. The van der Waals surface area contributed by atoms with Gasteiger partial charge in [-0.2, -0.15) is 4.98 Å². The van der Waals surface area contributed by atoms with E-state index in [0.717, 1.165) is 50.6 Å². The van der Waals surface area contributed by atoms with Crippen LogP contribution in [0.4, 0.5) is 0 Å². The van der Waals surface area contributed by atoms with Crippen LogP contribution in [0.5, 0.6) is 0 Å². The molecular weight excluding hydrogens is 280 g/mol. The minimum Gasteiger partial charge on any atom is -0.338 e. The third-order valence-electron chi connectivity index (χ3n) is 5.33. The summed E-state index contributed by atoms with van der Waals surface area (Å²) < 4.78 is 5.43. The molecule has 0 bridgehead atoms. The summed E-state index contributed by atoms with van der Waals surface area (Å²) in [7, 11) is 0. The smallest absolute Gasteiger partial charge is 0.240 e. The van der Waals surface area contributed by atoms with Gasteiger partial charge in [-0.15, -0.1) is 0 Å². The lowest BCUT2D eigenvalue weighted by Crippen LogP contribution is -2.47. The molecule has 120 valence electrons. The quantitative estimate of drug-likeness (QED) is 0.850. The Morgan fingerprint density at radius 2 is 1.95 bits per heavy atom. The topological polar surface area (TPSA) is 62.5 Å². The maximum atomic E-state index is 11.8. The number of amides is 1. The average Bonchev–Trinajstić information content (AvgIpc) is 2.94. The molecule has 3 fully saturated rings. The number of carbonyl (C=O) groups is 1. The van der Waals surface area contributed by atoms with Gasteiger partial charge in [0.2, 0.25) is 11.8 Å². The van der Waals surface area contributed by atoms with Crippen LogP contribution in [-0.4, -0.2) is 51.0 Å². The third kappa shape index (κ3) is 2.64. The molecule has 1 amide bonds. The number of hydrogen-bond donors (Lipinski definition) is 0. The molecule has 3 heterocycles. The van der Waals surface area contributed by atoms with Crippen molar-refractivity contribution in [3.8, 4) is 0 Å². The second-order valence-electron chi connectivity index (χ2n) is 6.92. The van der Waals surface area contributed by atoms with Gasteiger partial charge in [-0.1, -0.05) is 5.16 Å². The first kappa shape index (κ1) is 14.2. The molecule has 2 aliphatic heterocycles. The summed E-state index contributed by atoms with van der Waals surface area (Å²) >= 11 is 0. The summed E-state index contributed by atoms with van der Waals surface area (Å²) in [4.78, 5) is 20.9. The summed E-state index contributed by atoms with van der Waals surface area (Å²) in [5.74, 6) is 2.37. The molecule has 6 heteroatoms. The van der Waals surface area contributed by atoms with E-state index in [1.165, 1.54) is 19.3 Å². The van der Waals surface area contributed by atoms with Crippen molar-refractivity contribution >= 4 is 5.91 Å². The van der Waals surface area contributed by atoms with Crippen LogP contribution in [0.3, 0.4) is 0 Å². The summed E-state index contributed by atoms with van der Waals surface area (Å²) in [5.41, 5.74) is 0. The van der Waals surface area contributed by atoms with Gasteiger partial charge in [0.05, 0.1) is 6.54 Å². The fraction of sp³-hybridized carbons (Fsp3) is 0.812. The Morgan fingerprint density at radius 1 is 1.18 bits per heavy atom. The molecule has 4 rings (SSSR count). The molecule has 1 aromatic rings. The first-order valence-corrected chi connectivity index (χ1v) is 8.56. The molecule has 2 saturated heterocycles. The first-order valence-electron chi connectivity index (χ1n) is 8.56. The summed E-state index contributed by atoms with van der Waals surface area (Å²) in [6.07, 6.45) is 7.00. The molecule has 22 heavy (non-hydrogen) atoms. The molecule has 1 aliphatic carbocycles. The van der Waals surface area contributed by atoms with Crippen molar-refractivity contribution in [2.45, 2.75) is 70.0 Å². The molecular formula is C16H24N4O2. The average molecular weight is 304 g/mol. The lowest BCUT2D eigenvalue weighted by atomic mass is 10.0. The Labute approximate surface area is 130 Å². The van der Waals surface area contributed by atoms with E-state index in [1.54, 1.807) is 6.92 Å². The van der Waals surface area contributed by atoms with Crippen LogP contribution in [0.15, 0.2) is 4.52 Å². The minimum atomic E-state index is 0.211. The maximum absolute atomic E-state index is 11.8. The second kappa shape index (κ2) is 5.65. The molecule has 1 saturated carbocycles. The van der Waals surface area contributed by atoms with Gasteiger partial charge in [0.1, 0.15) is 0 Å². The maximum Gasteiger partial charge on any atom is 0.240 e. The Balaban J connectivity index is 1.44. The number of carbonyl (C=O) groups excluding carboxylic acids is 1. The van der Waals surface area contributed by atoms with E-state index in [9.17, 15) is 4.79 Å². The molecule has 1 aromatic heterocycles. The van der Waals surface area contributed by atoms with Crippen LogP contribution in [0.2, 0.25) is 0 Å². The standard InChI is InChI=1S/C16H24N4O2/c1-11(21)20-9-3-5-14(20)13-4-2-8-19(13)10-15-17-16(18-22-15)12-6-7-12/h12-14H,2-10H2,1H3/t13-,14-/m1/s1. The Morgan fingerprint density at radius 3 is 2.73 bits per heavy atom. The molecule has 0 N–H and O–H groups in total. The van der Waals surface area contributed by atoms with E-state index in [4.69, 9.17) is 4.52 Å². The van der Waals surface area contributed by atoms with Gasteiger partial charge in [-0.05, 0) is 45.1 Å². The second-order valence-corrected chi connectivity index (χ2v) is 6.92. The zero-order chi connectivity index (χ0) is 15.1. The van der Waals surface area contributed by atoms with Crippen molar-refractivity contribution in [2.24, 2.45) is 0 Å². The fourth-order valence-electron chi connectivity index (χ4n) is 4.08. The van der Waals surface area contributed by atoms with Crippen LogP contribution in [-0.2, 0) is 11.3 Å². The number of nitrogens with zero attached hydrogens (tertiary/aromatic N) is 4. The van der Waals surface area contributed by atoms with Crippen molar-refractivity contribution in [1.29, 1.82) is 0 Å². The molecule has 3 aliphatic rings. The normalized spacial score (nSPS) is 29.4. The predicted octanol–water partition coefficient (Wildman–Crippen LogP) is 1.92. The van der Waals surface area contributed by atoms with Crippen LogP contribution >= 0.6 is 0 Å². The first-order chi connectivity index (χ1) is 10.7. The molecule has 0 radical (unpaired) electrons. The van der Waals surface area contributed by atoms with Crippen LogP contribution in [0, 0.1) is 0 Å². The van der Waals surface area contributed by atoms with E-state index in [-0.39, 0.29) is 5.91 Å². The number of aromatic nitrogens is 2. The molecule has 2 atom stereocenters. The van der Waals surface area contributed by atoms with Gasteiger partial charge in [0.25, 0.3) is 0 Å². The van der Waals surface area contributed by atoms with Crippen molar-refractivity contribution in [1.82, 2.24) is 19.9 Å². The highest BCUT2D eigenvalue weighted by Gasteiger charge is 2.39. The van der Waals surface area contributed by atoms with E-state index >= 15 is 0 Å². The Kier molecular flexibility index (Phi) is 3.64. The van der Waals surface area contributed by atoms with Crippen LogP contribution < -0.4 is 0 Å². The van der Waals surface area contributed by atoms with Gasteiger partial charge >= 0.3 is 0 Å². The third-order valence-corrected chi connectivity index (χ3v) is 5.33. The van der Waals surface area contributed by atoms with E-state index in [0.29, 0.717) is 18.0 Å². The van der Waals surface area contributed by atoms with Gasteiger partial charge in [0, 0.05) is 31.5 Å². The predicted molar refractivity (Wildman–Crippen MR) is 80.1 cm³/mol. The van der Waals surface area contributed by atoms with Gasteiger partial charge in [0.15, 0.2) is 5.82 Å². The zero-order valence-corrected chi connectivity index (χ0v) is 13.2. The minimum absolute atomic E-state index is 0.211. The van der Waals surface area contributed by atoms with Crippen molar-refractivity contribution in [3.63, 3.8) is 0 Å². The van der Waals surface area contributed by atoms with E-state index in [2.05, 4.69) is 19.9 Å². The van der Waals surface area contributed by atoms with Crippen molar-refractivity contribution < 1.29 is 9.32 Å². The molecule has 0 spiro atoms. The highest BCUT2D eigenvalue weighted by molar-refractivity contribution is 5.74. The van der Waals surface area contributed by atoms with Crippen molar-refractivity contribution in [2.75, 3.05) is 13.1 Å². The van der Waals surface area contributed by atoms with Crippen LogP contribution in [0.1, 0.15) is 63.1 Å². The number of rotatable bonds is 4. The molecule has 0 aromatic carbocycles. The number of hydrogen-bond acceptors (Lipinski definition) is 5. The summed E-state index contributed by atoms with van der Waals surface area (Å²) in [6, 6.07) is 0.813. The lowest BCUT2D eigenvalue weighted by Gasteiger charge is -2.33. The monoisotopic (exact) mass is 304 g/mol. The molecule has 0 unspecified atom stereocenters. The largest absolute Gasteiger partial charge is 0.338 e. The van der Waals surface area contributed by atoms with E-state index in [1.807, 2.05) is 0 Å². The van der Waals surface area contributed by atoms with E-state index < -0.39 is 0 Å². The fourth-order valence-corrected chi connectivity index (χ4v) is 4.08. The van der Waals surface area contributed by atoms with Crippen molar-refractivity contribution in [3.05, 3.63) is 11.7 Å². The zero-order valence-electron chi connectivity index (χ0n) is 13.2. The summed E-state index contributed by atoms with van der Waals surface area (Å²) in [5, 5.41) is 4.11.